The Morgan fingerprint density at radius 3 is 2.84 bits per heavy atom. The molecule has 0 aromatic carbocycles. The van der Waals surface area contributed by atoms with Gasteiger partial charge in [0.2, 0.25) is 0 Å². The zero-order valence-electron chi connectivity index (χ0n) is 11.0. The Labute approximate surface area is 121 Å². The number of hydrogen-bond acceptors (Lipinski definition) is 4. The van der Waals surface area contributed by atoms with Crippen LogP contribution in [0.3, 0.4) is 0 Å². The third kappa shape index (κ3) is 4.21. The predicted molar refractivity (Wildman–Crippen MR) is 80.0 cm³/mol. The zero-order valence-corrected chi connectivity index (χ0v) is 12.6. The van der Waals surface area contributed by atoms with Crippen molar-refractivity contribution in [2.45, 2.75) is 20.3 Å². The molecule has 0 unspecified atom stereocenters. The summed E-state index contributed by atoms with van der Waals surface area (Å²) in [5, 5.41) is 3.17. The van der Waals surface area contributed by atoms with E-state index in [0.29, 0.717) is 6.61 Å². The Bertz CT molecular complexity index is 540. The normalized spacial score (nSPS) is 10.3. The highest BCUT2D eigenvalue weighted by Gasteiger charge is 2.02. The minimum absolute atomic E-state index is 0.706. The Kier molecular flexibility index (Phi) is 4.74. The van der Waals surface area contributed by atoms with Gasteiger partial charge >= 0.3 is 0 Å². The third-order valence-electron chi connectivity index (χ3n) is 2.40. The summed E-state index contributed by atoms with van der Waals surface area (Å²) in [6, 6.07) is 7.64. The number of anilines is 2. The standard InChI is InChI=1S/C14H16BrN3O/c1-3-6-19-11-4-5-16-13(9-11)18-14-8-10(2)7-12(15)17-14/h4-5,7-9H,3,6H2,1-2H3,(H,16,17,18). The molecule has 1 N–H and O–H groups in total. The summed E-state index contributed by atoms with van der Waals surface area (Å²) in [6.45, 7) is 4.80. The van der Waals surface area contributed by atoms with Gasteiger partial charge in [0.25, 0.3) is 0 Å². The predicted octanol–water partition coefficient (Wildman–Crippen LogP) is 4.08. The number of aromatic nitrogens is 2. The van der Waals surface area contributed by atoms with Gasteiger partial charge in [-0.25, -0.2) is 9.97 Å². The van der Waals surface area contributed by atoms with Crippen molar-refractivity contribution in [3.8, 4) is 5.75 Å². The average molecular weight is 322 g/mol. The number of hydrogen-bond donors (Lipinski definition) is 1. The molecule has 4 nitrogen and oxygen atoms in total. The SMILES string of the molecule is CCCOc1ccnc(Nc2cc(C)cc(Br)n2)c1. The number of nitrogens with one attached hydrogen (secondary N) is 1. The first kappa shape index (κ1) is 13.8. The monoisotopic (exact) mass is 321 g/mol. The number of pyridine rings is 2. The molecular formula is C14H16BrN3O. The van der Waals surface area contributed by atoms with Gasteiger partial charge in [-0.2, -0.15) is 0 Å². The van der Waals surface area contributed by atoms with Gasteiger partial charge in [0, 0.05) is 12.3 Å². The second-order valence-corrected chi connectivity index (χ2v) is 5.02. The zero-order chi connectivity index (χ0) is 13.7. The van der Waals surface area contributed by atoms with E-state index in [9.17, 15) is 0 Å². The van der Waals surface area contributed by atoms with Crippen LogP contribution in [0.4, 0.5) is 11.6 Å². The summed E-state index contributed by atoms with van der Waals surface area (Å²) in [6.07, 6.45) is 2.70. The van der Waals surface area contributed by atoms with E-state index in [0.717, 1.165) is 34.0 Å². The molecule has 0 aliphatic rings. The summed E-state index contributed by atoms with van der Waals surface area (Å²) in [5.41, 5.74) is 1.13. The highest BCUT2D eigenvalue weighted by Crippen LogP contribution is 2.20. The van der Waals surface area contributed by atoms with E-state index in [2.05, 4.69) is 38.1 Å². The molecule has 0 saturated carbocycles. The Morgan fingerprint density at radius 1 is 1.26 bits per heavy atom. The van der Waals surface area contributed by atoms with Crippen molar-refractivity contribution >= 4 is 27.6 Å². The van der Waals surface area contributed by atoms with E-state index in [1.165, 1.54) is 0 Å². The topological polar surface area (TPSA) is 47.0 Å². The Hall–Kier alpha value is -1.62. The molecule has 0 atom stereocenters. The van der Waals surface area contributed by atoms with Crippen LogP contribution in [0.5, 0.6) is 5.75 Å². The lowest BCUT2D eigenvalue weighted by atomic mass is 10.3. The van der Waals surface area contributed by atoms with Crippen LogP contribution in [0.2, 0.25) is 0 Å². The van der Waals surface area contributed by atoms with Crippen molar-refractivity contribution in [1.29, 1.82) is 0 Å². The van der Waals surface area contributed by atoms with Crippen LogP contribution < -0.4 is 10.1 Å². The van der Waals surface area contributed by atoms with E-state index in [-0.39, 0.29) is 0 Å². The molecule has 2 rings (SSSR count). The van der Waals surface area contributed by atoms with Crippen molar-refractivity contribution in [2.75, 3.05) is 11.9 Å². The molecule has 0 bridgehead atoms. The average Bonchev–Trinajstić information content (AvgIpc) is 2.35. The van der Waals surface area contributed by atoms with Crippen LogP contribution in [-0.4, -0.2) is 16.6 Å². The van der Waals surface area contributed by atoms with Crippen molar-refractivity contribution in [2.24, 2.45) is 0 Å². The molecule has 19 heavy (non-hydrogen) atoms. The molecule has 2 heterocycles. The summed E-state index contributed by atoms with van der Waals surface area (Å²) in [7, 11) is 0. The quantitative estimate of drug-likeness (QED) is 0.843. The lowest BCUT2D eigenvalue weighted by Gasteiger charge is -2.08. The van der Waals surface area contributed by atoms with Crippen molar-refractivity contribution in [3.05, 3.63) is 40.6 Å². The largest absolute Gasteiger partial charge is 0.493 e. The van der Waals surface area contributed by atoms with Gasteiger partial charge in [-0.15, -0.1) is 0 Å². The molecule has 100 valence electrons. The molecule has 0 aliphatic heterocycles. The van der Waals surface area contributed by atoms with E-state index in [1.807, 2.05) is 31.2 Å². The highest BCUT2D eigenvalue weighted by molar-refractivity contribution is 9.10. The number of rotatable bonds is 5. The van der Waals surface area contributed by atoms with Gasteiger partial charge in [0.05, 0.1) is 6.61 Å². The molecule has 0 aliphatic carbocycles. The summed E-state index contributed by atoms with van der Waals surface area (Å²) < 4.78 is 6.37. The van der Waals surface area contributed by atoms with E-state index >= 15 is 0 Å². The van der Waals surface area contributed by atoms with Crippen molar-refractivity contribution in [3.63, 3.8) is 0 Å². The van der Waals surface area contributed by atoms with Gasteiger partial charge in [-0.1, -0.05) is 6.92 Å². The molecule has 2 aromatic heterocycles. The maximum absolute atomic E-state index is 5.57. The van der Waals surface area contributed by atoms with Crippen LogP contribution >= 0.6 is 15.9 Å². The highest BCUT2D eigenvalue weighted by atomic mass is 79.9. The first-order valence-corrected chi connectivity index (χ1v) is 6.96. The molecule has 2 aromatic rings. The van der Waals surface area contributed by atoms with Crippen LogP contribution in [0.15, 0.2) is 35.1 Å². The van der Waals surface area contributed by atoms with Gasteiger partial charge < -0.3 is 10.1 Å². The molecule has 5 heteroatoms. The number of ether oxygens (including phenoxy) is 1. The minimum atomic E-state index is 0.706. The van der Waals surface area contributed by atoms with Crippen molar-refractivity contribution in [1.82, 2.24) is 9.97 Å². The third-order valence-corrected chi connectivity index (χ3v) is 2.81. The van der Waals surface area contributed by atoms with Gasteiger partial charge in [-0.05, 0) is 53.0 Å². The van der Waals surface area contributed by atoms with Crippen molar-refractivity contribution < 1.29 is 4.74 Å². The van der Waals surface area contributed by atoms with Crippen LogP contribution in [0, 0.1) is 6.92 Å². The fourth-order valence-electron chi connectivity index (χ4n) is 1.61. The fraction of sp³-hybridized carbons (Fsp3) is 0.286. The number of aryl methyl sites for hydroxylation is 1. The molecule has 0 radical (unpaired) electrons. The molecule has 0 fully saturated rings. The van der Waals surface area contributed by atoms with Crippen LogP contribution in [-0.2, 0) is 0 Å². The fourth-order valence-corrected chi connectivity index (χ4v) is 2.16. The Morgan fingerprint density at radius 2 is 2.11 bits per heavy atom. The smallest absolute Gasteiger partial charge is 0.135 e. The van der Waals surface area contributed by atoms with E-state index < -0.39 is 0 Å². The van der Waals surface area contributed by atoms with Gasteiger partial charge in [-0.3, -0.25) is 0 Å². The number of halogens is 1. The maximum Gasteiger partial charge on any atom is 0.135 e. The van der Waals surface area contributed by atoms with Gasteiger partial charge in [0.15, 0.2) is 0 Å². The lowest BCUT2D eigenvalue weighted by molar-refractivity contribution is 0.317. The first-order chi connectivity index (χ1) is 9.17. The molecule has 0 amide bonds. The maximum atomic E-state index is 5.57. The summed E-state index contributed by atoms with van der Waals surface area (Å²) in [5.74, 6) is 2.29. The summed E-state index contributed by atoms with van der Waals surface area (Å²) >= 11 is 3.38. The second kappa shape index (κ2) is 6.52. The molecule has 0 saturated heterocycles. The molecular weight excluding hydrogens is 306 g/mol. The van der Waals surface area contributed by atoms with E-state index in [4.69, 9.17) is 4.74 Å². The van der Waals surface area contributed by atoms with Crippen LogP contribution in [0.25, 0.3) is 0 Å². The minimum Gasteiger partial charge on any atom is -0.493 e. The summed E-state index contributed by atoms with van der Waals surface area (Å²) in [4.78, 5) is 8.60. The Balaban J connectivity index is 2.13. The lowest BCUT2D eigenvalue weighted by Crippen LogP contribution is -1.99. The number of nitrogens with zero attached hydrogens (tertiary/aromatic N) is 2. The second-order valence-electron chi connectivity index (χ2n) is 4.20. The molecule has 0 spiro atoms. The first-order valence-electron chi connectivity index (χ1n) is 6.17. The van der Waals surface area contributed by atoms with Gasteiger partial charge in [0.1, 0.15) is 22.0 Å². The van der Waals surface area contributed by atoms with Crippen LogP contribution in [0.1, 0.15) is 18.9 Å². The van der Waals surface area contributed by atoms with E-state index in [1.54, 1.807) is 6.20 Å².